The van der Waals surface area contributed by atoms with Crippen molar-refractivity contribution < 1.29 is 19.2 Å². The third kappa shape index (κ3) is 3.91. The fourth-order valence-corrected chi connectivity index (χ4v) is 4.84. The van der Waals surface area contributed by atoms with Gasteiger partial charge in [-0.25, -0.2) is 0 Å². The summed E-state index contributed by atoms with van der Waals surface area (Å²) in [6, 6.07) is -0.440. The average molecular weight is 367 g/mol. The summed E-state index contributed by atoms with van der Waals surface area (Å²) in [7, 11) is 2.16. The Hall–Kier alpha value is -1.14. The van der Waals surface area contributed by atoms with Gasteiger partial charge in [0.25, 0.3) is 0 Å². The van der Waals surface area contributed by atoms with Crippen molar-refractivity contribution in [1.29, 1.82) is 0 Å². The molecule has 2 aliphatic heterocycles. The number of hydrogen-bond acceptors (Lipinski definition) is 3. The lowest BCUT2D eigenvalue weighted by Crippen LogP contribution is -3.12. The molecule has 0 aromatic heterocycles. The Kier molecular flexibility index (Phi) is 5.92. The van der Waals surface area contributed by atoms with Gasteiger partial charge in [0.2, 0.25) is 11.8 Å². The highest BCUT2D eigenvalue weighted by Gasteiger charge is 2.54. The second-order valence-electron chi connectivity index (χ2n) is 9.12. The molecule has 2 heterocycles. The van der Waals surface area contributed by atoms with E-state index in [2.05, 4.69) is 27.8 Å². The quantitative estimate of drug-likeness (QED) is 0.792. The number of quaternary nitrogens is 1. The van der Waals surface area contributed by atoms with E-state index in [0.29, 0.717) is 18.9 Å². The van der Waals surface area contributed by atoms with Crippen LogP contribution in [0.4, 0.5) is 0 Å². The minimum Gasteiger partial charge on any atom is -0.353 e. The SMILES string of the molecule is CC(C)CC(=O)N1[C@H](C(=O)N2CC[NH+](C)CC2)CO[C@]12CCC[C@H](C)C2. The van der Waals surface area contributed by atoms with Gasteiger partial charge in [-0.2, -0.15) is 0 Å². The summed E-state index contributed by atoms with van der Waals surface area (Å²) in [5.74, 6) is 0.984. The molecule has 6 nitrogen and oxygen atoms in total. The summed E-state index contributed by atoms with van der Waals surface area (Å²) in [6.45, 7) is 10.2. The molecule has 1 saturated carbocycles. The summed E-state index contributed by atoms with van der Waals surface area (Å²) in [5, 5.41) is 0. The van der Waals surface area contributed by atoms with E-state index in [4.69, 9.17) is 4.74 Å². The number of amides is 2. The zero-order valence-electron chi connectivity index (χ0n) is 16.9. The number of likely N-dealkylation sites (N-methyl/N-ethyl adjacent to an activating group) is 1. The number of carbonyl (C=O) groups excluding carboxylic acids is 2. The molecule has 3 rings (SSSR count). The first-order valence-corrected chi connectivity index (χ1v) is 10.4. The molecule has 0 aromatic carbocycles. The molecule has 1 aliphatic carbocycles. The highest BCUT2D eigenvalue weighted by Crippen LogP contribution is 2.43. The van der Waals surface area contributed by atoms with E-state index in [1.54, 1.807) is 0 Å². The average Bonchev–Trinajstić information content (AvgIpc) is 2.92. The number of nitrogens with zero attached hydrogens (tertiary/aromatic N) is 2. The Balaban J connectivity index is 1.81. The van der Waals surface area contributed by atoms with Crippen LogP contribution in [0.25, 0.3) is 0 Å². The van der Waals surface area contributed by atoms with E-state index < -0.39 is 11.8 Å². The largest absolute Gasteiger partial charge is 0.353 e. The number of carbonyl (C=O) groups is 2. The summed E-state index contributed by atoms with van der Waals surface area (Å²) in [4.78, 5) is 31.7. The van der Waals surface area contributed by atoms with Gasteiger partial charge in [-0.3, -0.25) is 14.5 Å². The van der Waals surface area contributed by atoms with Gasteiger partial charge in [0.1, 0.15) is 11.8 Å². The zero-order chi connectivity index (χ0) is 18.9. The van der Waals surface area contributed by atoms with Gasteiger partial charge in [0, 0.05) is 6.42 Å². The van der Waals surface area contributed by atoms with Crippen molar-refractivity contribution in [2.75, 3.05) is 39.8 Å². The third-order valence-corrected chi connectivity index (χ3v) is 6.26. The molecule has 1 spiro atoms. The van der Waals surface area contributed by atoms with Crippen LogP contribution in [-0.2, 0) is 14.3 Å². The minimum atomic E-state index is -0.554. The van der Waals surface area contributed by atoms with Crippen molar-refractivity contribution >= 4 is 11.8 Å². The first-order chi connectivity index (χ1) is 12.3. The number of nitrogens with one attached hydrogen (secondary N) is 1. The van der Waals surface area contributed by atoms with Crippen molar-refractivity contribution in [3.63, 3.8) is 0 Å². The van der Waals surface area contributed by atoms with Crippen LogP contribution in [0.15, 0.2) is 0 Å². The van der Waals surface area contributed by atoms with Crippen LogP contribution in [0.5, 0.6) is 0 Å². The van der Waals surface area contributed by atoms with E-state index in [9.17, 15) is 9.59 Å². The van der Waals surface area contributed by atoms with Crippen molar-refractivity contribution in [1.82, 2.24) is 9.80 Å². The van der Waals surface area contributed by atoms with Gasteiger partial charge in [-0.05, 0) is 31.1 Å². The van der Waals surface area contributed by atoms with Gasteiger partial charge in [-0.1, -0.05) is 27.2 Å². The Morgan fingerprint density at radius 3 is 2.58 bits per heavy atom. The predicted octanol–water partition coefficient (Wildman–Crippen LogP) is 0.523. The van der Waals surface area contributed by atoms with Gasteiger partial charge in [-0.15, -0.1) is 0 Å². The van der Waals surface area contributed by atoms with Gasteiger partial charge >= 0.3 is 0 Å². The monoisotopic (exact) mass is 366 g/mol. The molecule has 26 heavy (non-hydrogen) atoms. The molecule has 0 aromatic rings. The highest BCUT2D eigenvalue weighted by atomic mass is 16.5. The van der Waals surface area contributed by atoms with Crippen LogP contribution >= 0.6 is 0 Å². The molecule has 1 N–H and O–H groups in total. The molecule has 6 heteroatoms. The summed E-state index contributed by atoms with van der Waals surface area (Å²) >= 11 is 0. The van der Waals surface area contributed by atoms with Crippen LogP contribution in [0, 0.1) is 11.8 Å². The number of rotatable bonds is 3. The molecule has 148 valence electrons. The molecule has 3 atom stereocenters. The second kappa shape index (κ2) is 7.85. The Morgan fingerprint density at radius 1 is 1.27 bits per heavy atom. The molecule has 0 bridgehead atoms. The van der Waals surface area contributed by atoms with Crippen molar-refractivity contribution in [2.24, 2.45) is 11.8 Å². The van der Waals surface area contributed by atoms with Crippen molar-refractivity contribution in [3.05, 3.63) is 0 Å². The fourth-order valence-electron chi connectivity index (χ4n) is 4.84. The normalized spacial score (nSPS) is 33.3. The van der Waals surface area contributed by atoms with Gasteiger partial charge < -0.3 is 14.5 Å². The number of hydrogen-bond donors (Lipinski definition) is 1. The number of ether oxygens (including phenoxy) is 1. The topological polar surface area (TPSA) is 54.3 Å². The van der Waals surface area contributed by atoms with Crippen molar-refractivity contribution in [3.8, 4) is 0 Å². The smallest absolute Gasteiger partial charge is 0.248 e. The predicted molar refractivity (Wildman–Crippen MR) is 99.6 cm³/mol. The first kappa shape index (κ1) is 19.6. The van der Waals surface area contributed by atoms with Crippen LogP contribution in [-0.4, -0.2) is 73.2 Å². The molecule has 3 aliphatic rings. The molecular weight excluding hydrogens is 330 g/mol. The lowest BCUT2D eigenvalue weighted by Gasteiger charge is -2.44. The Bertz CT molecular complexity index is 530. The zero-order valence-corrected chi connectivity index (χ0v) is 16.9. The van der Waals surface area contributed by atoms with Crippen LogP contribution < -0.4 is 4.90 Å². The number of piperazine rings is 1. The van der Waals surface area contributed by atoms with Gasteiger partial charge in [0.05, 0.1) is 39.8 Å². The van der Waals surface area contributed by atoms with Crippen LogP contribution in [0.3, 0.4) is 0 Å². The molecule has 0 radical (unpaired) electrons. The highest BCUT2D eigenvalue weighted by molar-refractivity contribution is 5.89. The van der Waals surface area contributed by atoms with E-state index >= 15 is 0 Å². The van der Waals surface area contributed by atoms with Crippen LogP contribution in [0.2, 0.25) is 0 Å². The molecular formula is C20H36N3O3+. The first-order valence-electron chi connectivity index (χ1n) is 10.4. The maximum absolute atomic E-state index is 13.3. The molecule has 0 unspecified atom stereocenters. The fraction of sp³-hybridized carbons (Fsp3) is 0.900. The van der Waals surface area contributed by atoms with E-state index in [0.717, 1.165) is 45.4 Å². The lowest BCUT2D eigenvalue weighted by molar-refractivity contribution is -0.883. The Labute approximate surface area is 157 Å². The Morgan fingerprint density at radius 2 is 1.96 bits per heavy atom. The summed E-state index contributed by atoms with van der Waals surface area (Å²) in [6.07, 6.45) is 4.43. The van der Waals surface area contributed by atoms with Crippen LogP contribution in [0.1, 0.15) is 52.9 Å². The second-order valence-corrected chi connectivity index (χ2v) is 9.12. The maximum atomic E-state index is 13.3. The molecule has 2 amide bonds. The van der Waals surface area contributed by atoms with Gasteiger partial charge in [0.15, 0.2) is 0 Å². The van der Waals surface area contributed by atoms with E-state index in [1.807, 2.05) is 9.80 Å². The maximum Gasteiger partial charge on any atom is 0.248 e. The lowest BCUT2D eigenvalue weighted by atomic mass is 9.83. The third-order valence-electron chi connectivity index (χ3n) is 6.26. The summed E-state index contributed by atoms with van der Waals surface area (Å²) < 4.78 is 6.27. The van der Waals surface area contributed by atoms with E-state index in [1.165, 1.54) is 11.3 Å². The summed E-state index contributed by atoms with van der Waals surface area (Å²) in [5.41, 5.74) is -0.554. The standard InChI is InChI=1S/C20H35N3O3/c1-15(2)12-18(24)23-17(19(25)22-10-8-21(4)9-11-22)14-26-20(23)7-5-6-16(3)13-20/h15-17H,5-14H2,1-4H3/p+1/t16-,17-,20-/m0/s1. The van der Waals surface area contributed by atoms with E-state index in [-0.39, 0.29) is 17.7 Å². The van der Waals surface area contributed by atoms with Crippen molar-refractivity contribution in [2.45, 2.75) is 64.6 Å². The minimum absolute atomic E-state index is 0.0877. The molecule has 3 fully saturated rings. The molecule has 2 saturated heterocycles.